The number of aryl methyl sites for hydroxylation is 1. The number of ether oxygens (including phenoxy) is 2. The highest BCUT2D eigenvalue weighted by Crippen LogP contribution is 2.43. The third-order valence-corrected chi connectivity index (χ3v) is 14.4. The number of piperidine rings is 1. The number of aromatic hydroxyl groups is 2. The lowest BCUT2D eigenvalue weighted by molar-refractivity contribution is -0.137. The second-order valence-electron chi connectivity index (χ2n) is 18.5. The van der Waals surface area contributed by atoms with Crippen molar-refractivity contribution in [3.05, 3.63) is 129 Å². The Bertz CT molecular complexity index is 3000. The number of aliphatic imine (C=N–C) groups is 1. The minimum absolute atomic E-state index is 0.0248. The molecule has 6 heterocycles. The number of aliphatic hydroxyl groups excluding tert-OH is 1. The quantitative estimate of drug-likeness (QED) is 0.0630. The van der Waals surface area contributed by atoms with Gasteiger partial charge < -0.3 is 49.2 Å². The normalized spacial score (nSPS) is 18.2. The van der Waals surface area contributed by atoms with Crippen molar-refractivity contribution in [2.24, 2.45) is 10.9 Å². The number of fused-ring (bicyclic) bond motifs is 5. The van der Waals surface area contributed by atoms with Crippen molar-refractivity contribution < 1.29 is 39.5 Å². The Hall–Kier alpha value is -7.33. The summed E-state index contributed by atoms with van der Waals surface area (Å²) in [7, 11) is 1.55. The molecule has 0 bridgehead atoms. The largest absolute Gasteiger partial charge is 0.508 e. The van der Waals surface area contributed by atoms with Crippen LogP contribution in [0, 0.1) is 5.92 Å². The van der Waals surface area contributed by atoms with E-state index in [4.69, 9.17) is 14.5 Å². The molecule has 3 aromatic carbocycles. The molecule has 2 aromatic heterocycles. The maximum atomic E-state index is 13.8. The van der Waals surface area contributed by atoms with E-state index in [2.05, 4.69) is 23.1 Å². The monoisotopic (exact) mass is 937 g/mol. The number of benzene rings is 3. The molecular weight excluding hydrogens is 879 g/mol. The first-order valence-electron chi connectivity index (χ1n) is 23.7. The number of rotatable bonds is 9. The molecule has 0 spiro atoms. The van der Waals surface area contributed by atoms with Gasteiger partial charge in [-0.3, -0.25) is 19.5 Å². The van der Waals surface area contributed by atoms with Crippen molar-refractivity contribution in [1.82, 2.24) is 19.4 Å². The molecule has 4 aliphatic rings. The molecule has 360 valence electrons. The van der Waals surface area contributed by atoms with Crippen LogP contribution in [0.5, 0.6) is 17.2 Å². The summed E-state index contributed by atoms with van der Waals surface area (Å²) in [6.07, 6.45) is 1.53. The van der Waals surface area contributed by atoms with E-state index in [0.717, 1.165) is 22.2 Å². The molecule has 1 atom stereocenters. The van der Waals surface area contributed by atoms with Crippen LogP contribution in [0.15, 0.2) is 95.3 Å². The van der Waals surface area contributed by atoms with Crippen LogP contribution in [0.3, 0.4) is 0 Å². The summed E-state index contributed by atoms with van der Waals surface area (Å²) in [5, 5.41) is 44.3. The molecule has 2 amide bonds. The maximum Gasteiger partial charge on any atom is 0.415 e. The van der Waals surface area contributed by atoms with Crippen LogP contribution >= 0.6 is 0 Å². The van der Waals surface area contributed by atoms with Gasteiger partial charge in [0.15, 0.2) is 5.88 Å². The predicted octanol–water partition coefficient (Wildman–Crippen LogP) is 7.64. The maximum absolute atomic E-state index is 13.8. The van der Waals surface area contributed by atoms with Gasteiger partial charge in [0.2, 0.25) is 5.91 Å². The Balaban J connectivity index is 0.806. The number of phenolic OH excluding ortho intramolecular Hbond substituents is 2. The van der Waals surface area contributed by atoms with Crippen molar-refractivity contribution in [3.8, 4) is 28.6 Å². The number of anilines is 2. The molecule has 16 heteroatoms. The molecule has 4 aliphatic heterocycles. The molecular formula is C53H59N7O9. The lowest BCUT2D eigenvalue weighted by Gasteiger charge is -2.39. The average Bonchev–Trinajstić information content (AvgIpc) is 3.72. The Morgan fingerprint density at radius 3 is 2.30 bits per heavy atom. The number of carbonyl (C=O) groups excluding carboxylic acids is 2. The Labute approximate surface area is 400 Å². The zero-order valence-electron chi connectivity index (χ0n) is 39.8. The first kappa shape index (κ1) is 46.8. The first-order valence-corrected chi connectivity index (χ1v) is 23.7. The zero-order valence-corrected chi connectivity index (χ0v) is 39.8. The van der Waals surface area contributed by atoms with Crippen LogP contribution in [0.1, 0.15) is 86.3 Å². The number of aliphatic hydroxyl groups is 2. The average molecular weight is 938 g/mol. The van der Waals surface area contributed by atoms with E-state index in [0.29, 0.717) is 122 Å². The van der Waals surface area contributed by atoms with E-state index in [9.17, 15) is 34.8 Å². The molecule has 2 saturated heterocycles. The molecule has 69 heavy (non-hydrogen) atoms. The second-order valence-corrected chi connectivity index (χ2v) is 18.5. The summed E-state index contributed by atoms with van der Waals surface area (Å²) >= 11 is 0. The summed E-state index contributed by atoms with van der Waals surface area (Å²) < 4.78 is 13.3. The lowest BCUT2D eigenvalue weighted by atomic mass is 9.84. The van der Waals surface area contributed by atoms with Crippen molar-refractivity contribution in [3.63, 3.8) is 0 Å². The highest BCUT2D eigenvalue weighted by atomic mass is 16.6. The van der Waals surface area contributed by atoms with Gasteiger partial charge in [-0.25, -0.2) is 9.78 Å². The van der Waals surface area contributed by atoms with Crippen molar-refractivity contribution >= 4 is 40.1 Å². The number of nitrogens with zero attached hydrogens (tertiary/aromatic N) is 7. The van der Waals surface area contributed by atoms with Crippen LogP contribution in [0.4, 0.5) is 16.2 Å². The fourth-order valence-corrected chi connectivity index (χ4v) is 10.4. The van der Waals surface area contributed by atoms with Gasteiger partial charge in [0.05, 0.1) is 40.3 Å². The first-order chi connectivity index (χ1) is 33.1. The van der Waals surface area contributed by atoms with Gasteiger partial charge in [0.1, 0.15) is 41.1 Å². The van der Waals surface area contributed by atoms with E-state index in [-0.39, 0.29) is 58.9 Å². The number of piperazine rings is 1. The SMILES string of the molecule is C=C(O)N(C(=NC)c1cc(C(C)C)c(O)cc1O)c1ccc(N2CCN(C(=O)C3CCN(C(=O)Oc4ccc5nc6c(c(CC)c5c4)Cn4c-6cc5c(c4=O)COC(=C)C5(O)CC)CC3)CC2)cc1. The van der Waals surface area contributed by atoms with Gasteiger partial charge in [-0.05, 0) is 104 Å². The Morgan fingerprint density at radius 1 is 0.957 bits per heavy atom. The van der Waals surface area contributed by atoms with Crippen molar-refractivity contribution in [2.45, 2.75) is 78.0 Å². The molecule has 9 rings (SSSR count). The van der Waals surface area contributed by atoms with Gasteiger partial charge in [0.25, 0.3) is 5.56 Å². The second kappa shape index (κ2) is 18.3. The van der Waals surface area contributed by atoms with E-state index >= 15 is 0 Å². The number of amides is 2. The Morgan fingerprint density at radius 2 is 1.67 bits per heavy atom. The molecule has 16 nitrogen and oxygen atoms in total. The van der Waals surface area contributed by atoms with Gasteiger partial charge >= 0.3 is 6.09 Å². The summed E-state index contributed by atoms with van der Waals surface area (Å²) in [6, 6.07) is 17.7. The third kappa shape index (κ3) is 8.19. The van der Waals surface area contributed by atoms with E-state index < -0.39 is 11.7 Å². The number of likely N-dealkylation sites (tertiary alicyclic amines) is 1. The van der Waals surface area contributed by atoms with E-state index in [1.807, 2.05) is 75.1 Å². The molecule has 1 unspecified atom stereocenters. The van der Waals surface area contributed by atoms with Crippen LogP contribution in [0.2, 0.25) is 0 Å². The zero-order chi connectivity index (χ0) is 49.1. The summed E-state index contributed by atoms with van der Waals surface area (Å²) in [5.41, 5.74) is 5.66. The summed E-state index contributed by atoms with van der Waals surface area (Å²) in [6.45, 7) is 18.9. The summed E-state index contributed by atoms with van der Waals surface area (Å²) in [4.78, 5) is 57.7. The molecule has 5 aromatic rings. The molecule has 2 fully saturated rings. The van der Waals surface area contributed by atoms with Gasteiger partial charge in [-0.1, -0.05) is 34.3 Å². The minimum atomic E-state index is -1.47. The van der Waals surface area contributed by atoms with Gasteiger partial charge in [-0.15, -0.1) is 0 Å². The number of carbonyl (C=O) groups is 2. The van der Waals surface area contributed by atoms with Crippen LogP contribution < -0.4 is 20.1 Å². The highest BCUT2D eigenvalue weighted by Gasteiger charge is 2.42. The van der Waals surface area contributed by atoms with E-state index in [1.165, 1.54) is 11.0 Å². The number of hydrogen-bond donors (Lipinski definition) is 4. The van der Waals surface area contributed by atoms with Gasteiger partial charge in [0, 0.05) is 80.5 Å². The van der Waals surface area contributed by atoms with Crippen molar-refractivity contribution in [1.29, 1.82) is 0 Å². The number of aromatic nitrogens is 2. The Kier molecular flexibility index (Phi) is 12.4. The standard InChI is InChI=1S/C53H59N7O9/c1-8-37-39-24-36(14-15-44(39)55-48-41(37)28-59-45(48)26-43-42(51(59)65)29-68-31(5)53(43,67)9-2)69-52(66)58-18-16-33(17-19-58)50(64)57-22-20-56(21-23-57)34-10-12-35(13-11-34)60(32(6)61)49(54-7)40-25-38(30(3)4)46(62)27-47(40)63/h10-15,24-27,30,33,61-63,67H,5-6,8-9,16-23,28-29H2,1-4,7H3. The smallest absolute Gasteiger partial charge is 0.415 e. The minimum Gasteiger partial charge on any atom is -0.508 e. The number of phenols is 2. The van der Waals surface area contributed by atoms with E-state index in [1.54, 1.807) is 28.6 Å². The van der Waals surface area contributed by atoms with Gasteiger partial charge in [-0.2, -0.15) is 0 Å². The molecule has 4 N–H and O–H groups in total. The molecule has 0 radical (unpaired) electrons. The summed E-state index contributed by atoms with van der Waals surface area (Å²) in [5.74, 6) is 0.216. The lowest BCUT2D eigenvalue weighted by Crippen LogP contribution is -2.52. The molecule has 0 aliphatic carbocycles. The van der Waals surface area contributed by atoms with Crippen molar-refractivity contribution in [2.75, 3.05) is 56.1 Å². The fourth-order valence-electron chi connectivity index (χ4n) is 10.4. The van der Waals surface area contributed by atoms with Crippen LogP contribution in [0.25, 0.3) is 22.3 Å². The number of amidine groups is 1. The number of pyridine rings is 2. The highest BCUT2D eigenvalue weighted by molar-refractivity contribution is 6.13. The third-order valence-electron chi connectivity index (χ3n) is 14.4. The predicted molar refractivity (Wildman–Crippen MR) is 264 cm³/mol. The van der Waals surface area contributed by atoms with Crippen LogP contribution in [-0.4, -0.2) is 104 Å². The van der Waals surface area contributed by atoms with Crippen LogP contribution in [-0.2, 0) is 34.7 Å². The topological polar surface area (TPSA) is 194 Å². The number of hydrogen-bond acceptors (Lipinski definition) is 12. The molecule has 0 saturated carbocycles. The fraction of sp³-hybridized carbons (Fsp3) is 0.377.